The lowest BCUT2D eigenvalue weighted by molar-refractivity contribution is -0.137. The molecule has 6 heteroatoms. The smallest absolute Gasteiger partial charge is 0.243 e. The summed E-state index contributed by atoms with van der Waals surface area (Å²) in [6.07, 6.45) is 5.47. The minimum Gasteiger partial charge on any atom is -0.338 e. The quantitative estimate of drug-likeness (QED) is 0.682. The fourth-order valence-electron chi connectivity index (χ4n) is 4.77. The van der Waals surface area contributed by atoms with Crippen molar-refractivity contribution in [3.63, 3.8) is 0 Å². The van der Waals surface area contributed by atoms with E-state index in [0.29, 0.717) is 43.9 Å². The lowest BCUT2D eigenvalue weighted by atomic mass is 9.92. The molecule has 2 aromatic carbocycles. The second kappa shape index (κ2) is 9.53. The monoisotopic (exact) mass is 440 g/mol. The summed E-state index contributed by atoms with van der Waals surface area (Å²) < 4.78 is 28.0. The molecule has 0 spiro atoms. The van der Waals surface area contributed by atoms with Crippen LogP contribution in [0.4, 0.5) is 0 Å². The van der Waals surface area contributed by atoms with Gasteiger partial charge >= 0.3 is 0 Å². The van der Waals surface area contributed by atoms with Gasteiger partial charge in [0.25, 0.3) is 0 Å². The Bertz CT molecular complexity index is 1010. The number of rotatable bonds is 6. The molecule has 0 N–H and O–H groups in total. The topological polar surface area (TPSA) is 57.7 Å². The Labute approximate surface area is 186 Å². The lowest BCUT2D eigenvalue weighted by Gasteiger charge is -2.33. The molecule has 5 nitrogen and oxygen atoms in total. The maximum absolute atomic E-state index is 13.2. The van der Waals surface area contributed by atoms with Crippen LogP contribution in [0.2, 0.25) is 0 Å². The molecular formula is C25H32N2O3S. The highest BCUT2D eigenvalue weighted by atomic mass is 32.2. The molecule has 1 fully saturated rings. The number of carbonyl (C=O) groups is 1. The van der Waals surface area contributed by atoms with Gasteiger partial charge in [0.05, 0.1) is 4.90 Å². The van der Waals surface area contributed by atoms with Crippen molar-refractivity contribution < 1.29 is 13.2 Å². The first kappa shape index (κ1) is 22.0. The van der Waals surface area contributed by atoms with E-state index in [-0.39, 0.29) is 11.8 Å². The largest absolute Gasteiger partial charge is 0.338 e. The number of amides is 1. The number of piperidine rings is 1. The van der Waals surface area contributed by atoms with Gasteiger partial charge in [-0.25, -0.2) is 8.42 Å². The van der Waals surface area contributed by atoms with Crippen LogP contribution in [0, 0.1) is 5.92 Å². The second-order valence-corrected chi connectivity index (χ2v) is 10.6. The maximum atomic E-state index is 13.2. The fraction of sp³-hybridized carbons (Fsp3) is 0.480. The number of hydrogen-bond acceptors (Lipinski definition) is 3. The van der Waals surface area contributed by atoms with Crippen molar-refractivity contribution in [2.24, 2.45) is 5.92 Å². The number of nitrogens with zero attached hydrogens (tertiary/aromatic N) is 2. The molecule has 1 aliphatic carbocycles. The molecule has 4 rings (SSSR count). The average Bonchev–Trinajstić information content (AvgIpc) is 2.82. The molecule has 0 saturated carbocycles. The molecule has 2 aliphatic rings. The van der Waals surface area contributed by atoms with Gasteiger partial charge in [-0.05, 0) is 74.3 Å². The van der Waals surface area contributed by atoms with Crippen LogP contribution >= 0.6 is 0 Å². The van der Waals surface area contributed by atoms with Gasteiger partial charge in [-0.3, -0.25) is 4.79 Å². The minimum absolute atomic E-state index is 0.112. The van der Waals surface area contributed by atoms with E-state index in [1.807, 2.05) is 54.3 Å². The van der Waals surface area contributed by atoms with E-state index in [1.165, 1.54) is 17.5 Å². The Morgan fingerprint density at radius 3 is 2.35 bits per heavy atom. The highest BCUT2D eigenvalue weighted by Gasteiger charge is 2.34. The number of hydrogen-bond donors (Lipinski definition) is 0. The van der Waals surface area contributed by atoms with E-state index in [0.717, 1.165) is 24.8 Å². The summed E-state index contributed by atoms with van der Waals surface area (Å²) in [6, 6.07) is 15.6. The number of carbonyl (C=O) groups excluding carboxylic acids is 1. The van der Waals surface area contributed by atoms with Crippen LogP contribution in [0.5, 0.6) is 0 Å². The van der Waals surface area contributed by atoms with E-state index in [4.69, 9.17) is 0 Å². The molecular weight excluding hydrogens is 408 g/mol. The van der Waals surface area contributed by atoms with E-state index in [9.17, 15) is 13.2 Å². The lowest BCUT2D eigenvalue weighted by Crippen LogP contribution is -2.44. The van der Waals surface area contributed by atoms with E-state index < -0.39 is 10.0 Å². The van der Waals surface area contributed by atoms with Crippen LogP contribution in [0.25, 0.3) is 0 Å². The van der Waals surface area contributed by atoms with Gasteiger partial charge in [0.2, 0.25) is 15.9 Å². The van der Waals surface area contributed by atoms with Crippen molar-refractivity contribution in [1.29, 1.82) is 0 Å². The number of benzene rings is 2. The van der Waals surface area contributed by atoms with Gasteiger partial charge in [0.15, 0.2) is 0 Å². The van der Waals surface area contributed by atoms with Crippen LogP contribution in [0.15, 0.2) is 53.4 Å². The maximum Gasteiger partial charge on any atom is 0.243 e. The van der Waals surface area contributed by atoms with Crippen LogP contribution in [0.3, 0.4) is 0 Å². The van der Waals surface area contributed by atoms with Crippen molar-refractivity contribution in [3.8, 4) is 0 Å². The third-order valence-electron chi connectivity index (χ3n) is 6.67. The summed E-state index contributed by atoms with van der Waals surface area (Å²) >= 11 is 0. The predicted octanol–water partition coefficient (Wildman–Crippen LogP) is 4.01. The Hall–Kier alpha value is -2.18. The highest BCUT2D eigenvalue weighted by molar-refractivity contribution is 7.89. The summed E-state index contributed by atoms with van der Waals surface area (Å²) in [5.74, 6) is 0.0239. The van der Waals surface area contributed by atoms with E-state index >= 15 is 0 Å². The van der Waals surface area contributed by atoms with Crippen molar-refractivity contribution in [2.45, 2.75) is 56.9 Å². The molecule has 0 unspecified atom stereocenters. The molecule has 166 valence electrons. The van der Waals surface area contributed by atoms with Gasteiger partial charge in [0, 0.05) is 32.1 Å². The van der Waals surface area contributed by atoms with E-state index in [1.54, 1.807) is 10.4 Å². The van der Waals surface area contributed by atoms with Crippen molar-refractivity contribution in [3.05, 3.63) is 65.2 Å². The number of aryl methyl sites for hydroxylation is 2. The van der Waals surface area contributed by atoms with Crippen LogP contribution in [0.1, 0.15) is 49.3 Å². The highest BCUT2D eigenvalue weighted by Crippen LogP contribution is 2.29. The first-order chi connectivity index (χ1) is 15.0. The summed E-state index contributed by atoms with van der Waals surface area (Å²) in [7, 11) is -3.51. The number of fused-ring (bicyclic) bond motifs is 1. The first-order valence-corrected chi connectivity index (χ1v) is 12.9. The summed E-state index contributed by atoms with van der Waals surface area (Å²) in [4.78, 5) is 15.4. The molecule has 0 aromatic heterocycles. The molecule has 0 atom stereocenters. The molecule has 31 heavy (non-hydrogen) atoms. The molecule has 1 heterocycles. The molecule has 1 amide bonds. The van der Waals surface area contributed by atoms with Crippen molar-refractivity contribution in [1.82, 2.24) is 9.21 Å². The molecule has 1 aliphatic heterocycles. The van der Waals surface area contributed by atoms with Crippen molar-refractivity contribution >= 4 is 15.9 Å². The van der Waals surface area contributed by atoms with Crippen LogP contribution in [-0.4, -0.2) is 43.2 Å². The zero-order valence-electron chi connectivity index (χ0n) is 18.3. The summed E-state index contributed by atoms with van der Waals surface area (Å²) in [6.45, 7) is 4.05. The SMILES string of the molecule is CCN(Cc1ccccc1)C(=O)C1CCN(S(=O)(=O)c2ccc3c(c2)CCCC3)CC1. The third kappa shape index (κ3) is 4.85. The molecule has 0 bridgehead atoms. The van der Waals surface area contributed by atoms with Crippen molar-refractivity contribution in [2.75, 3.05) is 19.6 Å². The Kier molecular flexibility index (Phi) is 6.77. The van der Waals surface area contributed by atoms with Gasteiger partial charge in [-0.2, -0.15) is 4.31 Å². The van der Waals surface area contributed by atoms with Crippen LogP contribution in [-0.2, 0) is 34.2 Å². The minimum atomic E-state index is -3.51. The normalized spacial score (nSPS) is 17.8. The third-order valence-corrected chi connectivity index (χ3v) is 8.57. The van der Waals surface area contributed by atoms with Gasteiger partial charge in [-0.1, -0.05) is 36.4 Å². The Balaban J connectivity index is 1.40. The standard InChI is InChI=1S/C25H32N2O3S/c1-2-26(19-20-8-4-3-5-9-20)25(28)22-14-16-27(17-15-22)31(29,30)24-13-12-21-10-6-7-11-23(21)18-24/h3-5,8-9,12-13,18,22H,2,6-7,10-11,14-17,19H2,1H3. The summed E-state index contributed by atoms with van der Waals surface area (Å²) in [5.41, 5.74) is 3.58. The second-order valence-electron chi connectivity index (χ2n) is 8.65. The van der Waals surface area contributed by atoms with Gasteiger partial charge in [0.1, 0.15) is 0 Å². The van der Waals surface area contributed by atoms with Crippen LogP contribution < -0.4 is 0 Å². The molecule has 2 aromatic rings. The zero-order chi connectivity index (χ0) is 21.8. The predicted molar refractivity (Wildman–Crippen MR) is 122 cm³/mol. The Morgan fingerprint density at radius 2 is 1.68 bits per heavy atom. The zero-order valence-corrected chi connectivity index (χ0v) is 19.1. The first-order valence-electron chi connectivity index (χ1n) is 11.4. The molecule has 1 saturated heterocycles. The molecule has 0 radical (unpaired) electrons. The summed E-state index contributed by atoms with van der Waals surface area (Å²) in [5, 5.41) is 0. The van der Waals surface area contributed by atoms with Gasteiger partial charge in [-0.15, -0.1) is 0 Å². The van der Waals surface area contributed by atoms with Gasteiger partial charge < -0.3 is 4.90 Å². The Morgan fingerprint density at radius 1 is 1.00 bits per heavy atom. The fourth-order valence-corrected chi connectivity index (χ4v) is 6.29. The number of sulfonamides is 1. The van der Waals surface area contributed by atoms with E-state index in [2.05, 4.69) is 0 Å². The average molecular weight is 441 g/mol.